The molecule has 0 unspecified atom stereocenters. The first-order chi connectivity index (χ1) is 9.05. The lowest BCUT2D eigenvalue weighted by molar-refractivity contribution is -0.157. The number of carboxylic acids is 1. The van der Waals surface area contributed by atoms with Gasteiger partial charge >= 0.3 is 11.9 Å². The predicted molar refractivity (Wildman–Crippen MR) is 68.4 cm³/mol. The normalized spacial score (nSPS) is 39.3. The molecular weight excluding hydrogens is 244 g/mol. The fourth-order valence-corrected chi connectivity index (χ4v) is 4.98. The van der Waals surface area contributed by atoms with Gasteiger partial charge in [-0.1, -0.05) is 0 Å². The SMILES string of the molecule is O=C(O)CCC(=O)OCC12CC3CC(CC(C3)C1)C2. The molecule has 4 fully saturated rings. The molecule has 0 aromatic rings. The van der Waals surface area contributed by atoms with E-state index >= 15 is 0 Å². The van der Waals surface area contributed by atoms with Gasteiger partial charge in [0.25, 0.3) is 0 Å². The number of hydrogen-bond donors (Lipinski definition) is 1. The van der Waals surface area contributed by atoms with Gasteiger partial charge in [-0.2, -0.15) is 0 Å². The van der Waals surface area contributed by atoms with Crippen molar-refractivity contribution in [3.8, 4) is 0 Å². The maximum Gasteiger partial charge on any atom is 0.306 e. The third kappa shape index (κ3) is 2.77. The first-order valence-electron chi connectivity index (χ1n) is 7.42. The third-order valence-electron chi connectivity index (χ3n) is 5.25. The molecule has 0 atom stereocenters. The van der Waals surface area contributed by atoms with E-state index in [4.69, 9.17) is 9.84 Å². The Labute approximate surface area is 113 Å². The summed E-state index contributed by atoms with van der Waals surface area (Å²) in [6, 6.07) is 0. The number of hydrogen-bond acceptors (Lipinski definition) is 3. The van der Waals surface area contributed by atoms with E-state index in [-0.39, 0.29) is 24.2 Å². The van der Waals surface area contributed by atoms with E-state index in [9.17, 15) is 9.59 Å². The Bertz CT molecular complexity index is 352. The number of carboxylic acid groups (broad SMARTS) is 1. The second-order valence-electron chi connectivity index (χ2n) is 6.97. The minimum absolute atomic E-state index is 0.00169. The Hall–Kier alpha value is -1.06. The molecule has 4 aliphatic rings. The number of ether oxygens (including phenoxy) is 1. The fraction of sp³-hybridized carbons (Fsp3) is 0.867. The molecule has 4 rings (SSSR count). The number of rotatable bonds is 5. The van der Waals surface area contributed by atoms with Gasteiger partial charge in [0.1, 0.15) is 0 Å². The van der Waals surface area contributed by atoms with Crippen molar-refractivity contribution < 1.29 is 19.4 Å². The van der Waals surface area contributed by atoms with Gasteiger partial charge in [-0.25, -0.2) is 0 Å². The van der Waals surface area contributed by atoms with Crippen LogP contribution >= 0.6 is 0 Å². The lowest BCUT2D eigenvalue weighted by Crippen LogP contribution is -2.48. The molecule has 4 saturated carbocycles. The smallest absolute Gasteiger partial charge is 0.306 e. The van der Waals surface area contributed by atoms with Crippen molar-refractivity contribution >= 4 is 11.9 Å². The van der Waals surface area contributed by atoms with E-state index in [1.54, 1.807) is 0 Å². The monoisotopic (exact) mass is 266 g/mol. The Kier molecular flexibility index (Phi) is 3.27. The van der Waals surface area contributed by atoms with Gasteiger partial charge in [-0.15, -0.1) is 0 Å². The number of esters is 1. The summed E-state index contributed by atoms with van der Waals surface area (Å²) in [5.74, 6) is 1.27. The Balaban J connectivity index is 1.52. The molecule has 1 N–H and O–H groups in total. The van der Waals surface area contributed by atoms with E-state index in [1.807, 2.05) is 0 Å². The molecule has 4 nitrogen and oxygen atoms in total. The molecule has 4 bridgehead atoms. The van der Waals surface area contributed by atoms with E-state index in [2.05, 4.69) is 0 Å². The predicted octanol–water partition coefficient (Wildman–Crippen LogP) is 2.61. The van der Waals surface area contributed by atoms with Gasteiger partial charge in [-0.3, -0.25) is 9.59 Å². The molecule has 0 aromatic heterocycles. The molecule has 19 heavy (non-hydrogen) atoms. The maximum absolute atomic E-state index is 11.6. The van der Waals surface area contributed by atoms with Crippen LogP contribution in [0.25, 0.3) is 0 Å². The van der Waals surface area contributed by atoms with Gasteiger partial charge in [0.15, 0.2) is 0 Å². The topological polar surface area (TPSA) is 63.6 Å². The zero-order chi connectivity index (χ0) is 13.5. The second kappa shape index (κ2) is 4.80. The first-order valence-corrected chi connectivity index (χ1v) is 7.42. The molecule has 0 spiro atoms. The van der Waals surface area contributed by atoms with Crippen LogP contribution in [-0.2, 0) is 14.3 Å². The standard InChI is InChI=1S/C15H22O4/c16-13(17)1-2-14(18)19-9-15-6-10-3-11(7-15)5-12(4-10)8-15/h10-12H,1-9H2,(H,16,17). The van der Waals surface area contributed by atoms with Gasteiger partial charge < -0.3 is 9.84 Å². The minimum Gasteiger partial charge on any atom is -0.481 e. The maximum atomic E-state index is 11.6. The van der Waals surface area contributed by atoms with E-state index in [0.717, 1.165) is 17.8 Å². The van der Waals surface area contributed by atoms with Gasteiger partial charge in [-0.05, 0) is 56.3 Å². The zero-order valence-corrected chi connectivity index (χ0v) is 11.3. The Morgan fingerprint density at radius 1 is 1.00 bits per heavy atom. The molecule has 4 heteroatoms. The molecule has 0 amide bonds. The largest absolute Gasteiger partial charge is 0.481 e. The summed E-state index contributed by atoms with van der Waals surface area (Å²) in [5, 5.41) is 8.55. The molecule has 0 radical (unpaired) electrons. The Morgan fingerprint density at radius 2 is 1.53 bits per heavy atom. The summed E-state index contributed by atoms with van der Waals surface area (Å²) >= 11 is 0. The summed E-state index contributed by atoms with van der Waals surface area (Å²) in [4.78, 5) is 22.0. The average molecular weight is 266 g/mol. The molecule has 4 aliphatic carbocycles. The number of carbonyl (C=O) groups is 2. The van der Waals surface area contributed by atoms with Crippen molar-refractivity contribution in [2.24, 2.45) is 23.2 Å². The highest BCUT2D eigenvalue weighted by atomic mass is 16.5. The van der Waals surface area contributed by atoms with Crippen LogP contribution in [0.2, 0.25) is 0 Å². The quantitative estimate of drug-likeness (QED) is 0.777. The summed E-state index contributed by atoms with van der Waals surface area (Å²) in [5.41, 5.74) is 0.230. The molecular formula is C15H22O4. The van der Waals surface area contributed by atoms with Crippen LogP contribution in [0.4, 0.5) is 0 Å². The van der Waals surface area contributed by atoms with Crippen LogP contribution in [0.3, 0.4) is 0 Å². The van der Waals surface area contributed by atoms with Crippen molar-refractivity contribution in [1.82, 2.24) is 0 Å². The van der Waals surface area contributed by atoms with Crippen LogP contribution in [0, 0.1) is 23.2 Å². The average Bonchev–Trinajstić information content (AvgIpc) is 2.32. The van der Waals surface area contributed by atoms with Crippen molar-refractivity contribution in [2.75, 3.05) is 6.61 Å². The van der Waals surface area contributed by atoms with Crippen LogP contribution in [-0.4, -0.2) is 23.7 Å². The van der Waals surface area contributed by atoms with E-state index in [1.165, 1.54) is 38.5 Å². The molecule has 0 aromatic carbocycles. The lowest BCUT2D eigenvalue weighted by atomic mass is 9.50. The van der Waals surface area contributed by atoms with Gasteiger partial charge in [0.2, 0.25) is 0 Å². The number of aliphatic carboxylic acids is 1. The molecule has 106 valence electrons. The van der Waals surface area contributed by atoms with Crippen molar-refractivity contribution in [3.63, 3.8) is 0 Å². The van der Waals surface area contributed by atoms with Gasteiger partial charge in [0.05, 0.1) is 19.4 Å². The minimum atomic E-state index is -0.938. The van der Waals surface area contributed by atoms with Crippen LogP contribution in [0.5, 0.6) is 0 Å². The zero-order valence-electron chi connectivity index (χ0n) is 11.3. The fourth-order valence-electron chi connectivity index (χ4n) is 4.98. The van der Waals surface area contributed by atoms with Crippen molar-refractivity contribution in [3.05, 3.63) is 0 Å². The highest BCUT2D eigenvalue weighted by Gasteiger charge is 2.51. The molecule has 0 aliphatic heterocycles. The molecule has 0 heterocycles. The van der Waals surface area contributed by atoms with Crippen LogP contribution in [0.1, 0.15) is 51.4 Å². The second-order valence-corrected chi connectivity index (χ2v) is 6.97. The van der Waals surface area contributed by atoms with Crippen LogP contribution < -0.4 is 0 Å². The third-order valence-corrected chi connectivity index (χ3v) is 5.25. The summed E-state index contributed by atoms with van der Waals surface area (Å²) in [6.07, 6.45) is 7.66. The van der Waals surface area contributed by atoms with Gasteiger partial charge in [0, 0.05) is 5.41 Å². The van der Waals surface area contributed by atoms with Crippen molar-refractivity contribution in [1.29, 1.82) is 0 Å². The summed E-state index contributed by atoms with van der Waals surface area (Å²) in [7, 11) is 0. The highest BCUT2D eigenvalue weighted by Crippen LogP contribution is 2.60. The number of carbonyl (C=O) groups excluding carboxylic acids is 1. The van der Waals surface area contributed by atoms with Crippen molar-refractivity contribution in [2.45, 2.75) is 51.4 Å². The summed E-state index contributed by atoms with van der Waals surface area (Å²) in [6.45, 7) is 0.523. The summed E-state index contributed by atoms with van der Waals surface area (Å²) < 4.78 is 5.38. The highest BCUT2D eigenvalue weighted by molar-refractivity contribution is 5.76. The van der Waals surface area contributed by atoms with E-state index < -0.39 is 5.97 Å². The lowest BCUT2D eigenvalue weighted by Gasteiger charge is -2.56. The Morgan fingerprint density at radius 3 is 2.00 bits per heavy atom. The van der Waals surface area contributed by atoms with Crippen LogP contribution in [0.15, 0.2) is 0 Å². The molecule has 0 saturated heterocycles. The first kappa shape index (κ1) is 12.9. The van der Waals surface area contributed by atoms with E-state index in [0.29, 0.717) is 6.61 Å².